The van der Waals surface area contributed by atoms with E-state index in [1.54, 1.807) is 29.4 Å². The van der Waals surface area contributed by atoms with Crippen LogP contribution in [0.1, 0.15) is 29.8 Å². The Labute approximate surface area is 180 Å². The van der Waals surface area contributed by atoms with E-state index in [1.807, 2.05) is 41.3 Å². The number of amides is 2. The van der Waals surface area contributed by atoms with E-state index in [9.17, 15) is 9.59 Å². The Morgan fingerprint density at radius 2 is 1.84 bits per heavy atom. The lowest BCUT2D eigenvalue weighted by atomic mass is 10.1. The predicted octanol–water partition coefficient (Wildman–Crippen LogP) is 2.91. The van der Waals surface area contributed by atoms with Gasteiger partial charge in [-0.2, -0.15) is 0 Å². The highest BCUT2D eigenvalue weighted by atomic mass is 16.5. The standard InChI is InChI=1S/C24H24N4O3/c29-23(21-10-9-17-6-1-2-8-20(17)26-21)28-16-19(31-18-7-5-11-25-15-18)14-22(28)24(30)27-12-3-4-13-27/h1-2,5-11,15,19,22H,3-4,12-14,16H2/t19-,22-/m0/s1. The average Bonchev–Trinajstić information content (AvgIpc) is 3.49. The summed E-state index contributed by atoms with van der Waals surface area (Å²) in [5.41, 5.74) is 1.11. The van der Waals surface area contributed by atoms with E-state index in [2.05, 4.69) is 9.97 Å². The van der Waals surface area contributed by atoms with Gasteiger partial charge in [0.05, 0.1) is 18.3 Å². The normalized spacial score (nSPS) is 20.9. The molecule has 0 spiro atoms. The lowest BCUT2D eigenvalue weighted by Gasteiger charge is -2.27. The van der Waals surface area contributed by atoms with Crippen molar-refractivity contribution in [1.29, 1.82) is 0 Å². The van der Waals surface area contributed by atoms with Gasteiger partial charge in [0.1, 0.15) is 23.6 Å². The molecule has 2 atom stereocenters. The van der Waals surface area contributed by atoms with E-state index in [0.717, 1.165) is 36.8 Å². The number of nitrogens with zero attached hydrogens (tertiary/aromatic N) is 4. The van der Waals surface area contributed by atoms with Gasteiger partial charge in [0.2, 0.25) is 5.91 Å². The SMILES string of the molecule is O=C([C@@H]1C[C@H](Oc2cccnc2)CN1C(=O)c1ccc2ccccc2n1)N1CCCC1. The second-order valence-corrected chi connectivity index (χ2v) is 8.06. The van der Waals surface area contributed by atoms with E-state index < -0.39 is 6.04 Å². The van der Waals surface area contributed by atoms with Crippen molar-refractivity contribution in [3.8, 4) is 5.75 Å². The van der Waals surface area contributed by atoms with Gasteiger partial charge in [-0.1, -0.05) is 24.3 Å². The van der Waals surface area contributed by atoms with Crippen LogP contribution in [0.25, 0.3) is 10.9 Å². The first-order valence-electron chi connectivity index (χ1n) is 10.7. The summed E-state index contributed by atoms with van der Waals surface area (Å²) >= 11 is 0. The van der Waals surface area contributed by atoms with Gasteiger partial charge in [0.15, 0.2) is 0 Å². The fourth-order valence-corrected chi connectivity index (χ4v) is 4.43. The molecule has 0 aliphatic carbocycles. The quantitative estimate of drug-likeness (QED) is 0.654. The molecule has 0 radical (unpaired) electrons. The molecule has 2 aliphatic rings. The molecule has 5 rings (SSSR count). The number of carbonyl (C=O) groups excluding carboxylic acids is 2. The number of likely N-dealkylation sites (tertiary alicyclic amines) is 2. The highest BCUT2D eigenvalue weighted by molar-refractivity contribution is 5.98. The molecule has 2 aliphatic heterocycles. The van der Waals surface area contributed by atoms with Crippen LogP contribution in [0.4, 0.5) is 0 Å². The zero-order chi connectivity index (χ0) is 21.2. The molecule has 7 nitrogen and oxygen atoms in total. The lowest BCUT2D eigenvalue weighted by Crippen LogP contribution is -2.47. The molecule has 2 aromatic heterocycles. The third kappa shape index (κ3) is 3.95. The lowest BCUT2D eigenvalue weighted by molar-refractivity contribution is -0.134. The Bertz CT molecular complexity index is 1100. The number of pyridine rings is 2. The molecular weight excluding hydrogens is 392 g/mol. The first-order chi connectivity index (χ1) is 15.2. The summed E-state index contributed by atoms with van der Waals surface area (Å²) < 4.78 is 6.06. The number of ether oxygens (including phenoxy) is 1. The fourth-order valence-electron chi connectivity index (χ4n) is 4.43. The molecule has 7 heteroatoms. The molecule has 31 heavy (non-hydrogen) atoms. The molecular formula is C24H24N4O3. The van der Waals surface area contributed by atoms with E-state index in [0.29, 0.717) is 24.4 Å². The third-order valence-corrected chi connectivity index (χ3v) is 5.98. The smallest absolute Gasteiger partial charge is 0.273 e. The van der Waals surface area contributed by atoms with Gasteiger partial charge in [-0.05, 0) is 37.1 Å². The number of hydrogen-bond acceptors (Lipinski definition) is 5. The average molecular weight is 416 g/mol. The first-order valence-corrected chi connectivity index (χ1v) is 10.7. The molecule has 4 heterocycles. The number of para-hydroxylation sites is 1. The van der Waals surface area contributed by atoms with Gasteiger partial charge < -0.3 is 14.5 Å². The molecule has 0 unspecified atom stereocenters. The van der Waals surface area contributed by atoms with Crippen molar-refractivity contribution in [1.82, 2.24) is 19.8 Å². The molecule has 158 valence electrons. The minimum atomic E-state index is -0.541. The minimum absolute atomic E-state index is 0.00364. The summed E-state index contributed by atoms with van der Waals surface area (Å²) in [5, 5.41) is 0.975. The minimum Gasteiger partial charge on any atom is -0.487 e. The van der Waals surface area contributed by atoms with Crippen molar-refractivity contribution in [2.75, 3.05) is 19.6 Å². The Kier molecular flexibility index (Phi) is 5.24. The second kappa shape index (κ2) is 8.34. The highest BCUT2D eigenvalue weighted by Crippen LogP contribution is 2.27. The highest BCUT2D eigenvalue weighted by Gasteiger charge is 2.43. The van der Waals surface area contributed by atoms with Crippen LogP contribution in [0.2, 0.25) is 0 Å². The summed E-state index contributed by atoms with van der Waals surface area (Å²) in [7, 11) is 0. The number of carbonyl (C=O) groups is 2. The van der Waals surface area contributed by atoms with Crippen molar-refractivity contribution in [2.24, 2.45) is 0 Å². The van der Waals surface area contributed by atoms with Crippen LogP contribution in [0.5, 0.6) is 5.75 Å². The molecule has 0 saturated carbocycles. The maximum atomic E-state index is 13.4. The van der Waals surface area contributed by atoms with Crippen molar-refractivity contribution in [3.05, 3.63) is 66.6 Å². The summed E-state index contributed by atoms with van der Waals surface area (Å²) in [6.07, 6.45) is 5.53. The molecule has 2 fully saturated rings. The Balaban J connectivity index is 1.42. The maximum absolute atomic E-state index is 13.4. The molecule has 3 aromatic rings. The fraction of sp³-hybridized carbons (Fsp3) is 0.333. The van der Waals surface area contributed by atoms with E-state index >= 15 is 0 Å². The van der Waals surface area contributed by atoms with Crippen LogP contribution >= 0.6 is 0 Å². The van der Waals surface area contributed by atoms with E-state index in [1.165, 1.54) is 0 Å². The van der Waals surface area contributed by atoms with Gasteiger partial charge in [-0.3, -0.25) is 14.6 Å². The Hall–Kier alpha value is -3.48. The van der Waals surface area contributed by atoms with Crippen molar-refractivity contribution in [2.45, 2.75) is 31.4 Å². The Morgan fingerprint density at radius 1 is 1.00 bits per heavy atom. The summed E-state index contributed by atoms with van der Waals surface area (Å²) in [6, 6.07) is 14.4. The van der Waals surface area contributed by atoms with E-state index in [4.69, 9.17) is 4.74 Å². The monoisotopic (exact) mass is 416 g/mol. The number of aromatic nitrogens is 2. The number of hydrogen-bond donors (Lipinski definition) is 0. The summed E-state index contributed by atoms with van der Waals surface area (Å²) in [4.78, 5) is 38.8. The first kappa shape index (κ1) is 19.5. The van der Waals surface area contributed by atoms with Gasteiger partial charge in [0, 0.05) is 31.1 Å². The van der Waals surface area contributed by atoms with Gasteiger partial charge in [-0.15, -0.1) is 0 Å². The van der Waals surface area contributed by atoms with Crippen molar-refractivity contribution < 1.29 is 14.3 Å². The third-order valence-electron chi connectivity index (χ3n) is 5.98. The molecule has 2 saturated heterocycles. The summed E-state index contributed by atoms with van der Waals surface area (Å²) in [5.74, 6) is 0.405. The zero-order valence-electron chi connectivity index (χ0n) is 17.2. The van der Waals surface area contributed by atoms with Crippen LogP contribution in [0.15, 0.2) is 60.9 Å². The van der Waals surface area contributed by atoms with Crippen molar-refractivity contribution >= 4 is 22.7 Å². The van der Waals surface area contributed by atoms with Crippen LogP contribution in [-0.2, 0) is 4.79 Å². The summed E-state index contributed by atoms with van der Waals surface area (Å²) in [6.45, 7) is 1.84. The maximum Gasteiger partial charge on any atom is 0.273 e. The topological polar surface area (TPSA) is 75.6 Å². The van der Waals surface area contributed by atoms with Crippen LogP contribution in [-0.4, -0.2) is 63.4 Å². The van der Waals surface area contributed by atoms with Crippen LogP contribution < -0.4 is 4.74 Å². The number of benzene rings is 1. The molecule has 1 aromatic carbocycles. The molecule has 2 amide bonds. The van der Waals surface area contributed by atoms with Gasteiger partial charge in [0.25, 0.3) is 5.91 Å². The molecule has 0 bridgehead atoms. The largest absolute Gasteiger partial charge is 0.487 e. The predicted molar refractivity (Wildman–Crippen MR) is 116 cm³/mol. The number of fused-ring (bicyclic) bond motifs is 1. The van der Waals surface area contributed by atoms with Crippen LogP contribution in [0, 0.1) is 0 Å². The van der Waals surface area contributed by atoms with Gasteiger partial charge in [-0.25, -0.2) is 4.98 Å². The van der Waals surface area contributed by atoms with Crippen LogP contribution in [0.3, 0.4) is 0 Å². The van der Waals surface area contributed by atoms with Gasteiger partial charge >= 0.3 is 0 Å². The number of rotatable bonds is 4. The zero-order valence-corrected chi connectivity index (χ0v) is 17.2. The van der Waals surface area contributed by atoms with Crippen molar-refractivity contribution in [3.63, 3.8) is 0 Å². The second-order valence-electron chi connectivity index (χ2n) is 8.06. The molecule has 0 N–H and O–H groups in total. The van der Waals surface area contributed by atoms with E-state index in [-0.39, 0.29) is 17.9 Å². The Morgan fingerprint density at radius 3 is 2.65 bits per heavy atom.